The first-order chi connectivity index (χ1) is 6.04. The van der Waals surface area contributed by atoms with Gasteiger partial charge in [-0.25, -0.2) is 0 Å². The Morgan fingerprint density at radius 2 is 1.92 bits per heavy atom. The lowest BCUT2D eigenvalue weighted by Gasteiger charge is -2.07. The second-order valence-electron chi connectivity index (χ2n) is 2.74. The van der Waals surface area contributed by atoms with Crippen LogP contribution in [0.2, 0.25) is 0 Å². The van der Waals surface area contributed by atoms with E-state index in [0.29, 0.717) is 18.4 Å². The molecule has 0 heterocycles. The largest absolute Gasteiger partial charge is 0.416 e. The van der Waals surface area contributed by atoms with E-state index < -0.39 is 11.7 Å². The summed E-state index contributed by atoms with van der Waals surface area (Å²) in [5.74, 6) is 0. The Morgan fingerprint density at radius 1 is 1.23 bits per heavy atom. The average molecular weight is 186 g/mol. The van der Waals surface area contributed by atoms with E-state index in [9.17, 15) is 13.2 Å². The number of rotatable bonds is 2. The zero-order chi connectivity index (χ0) is 9.90. The summed E-state index contributed by atoms with van der Waals surface area (Å²) in [5, 5.41) is 0. The predicted octanol–water partition coefficient (Wildman–Crippen LogP) is 3.35. The fourth-order valence-corrected chi connectivity index (χ4v) is 1.07. The molecule has 70 valence electrons. The molecule has 0 unspecified atom stereocenters. The first-order valence-corrected chi connectivity index (χ1v) is 3.90. The predicted molar refractivity (Wildman–Crippen MR) is 44.1 cm³/mol. The van der Waals surface area contributed by atoms with Crippen LogP contribution in [0.5, 0.6) is 0 Å². The summed E-state index contributed by atoms with van der Waals surface area (Å²) >= 11 is 0. The molecule has 0 aliphatic heterocycles. The smallest absolute Gasteiger partial charge is 0.166 e. The topological polar surface area (TPSA) is 0 Å². The van der Waals surface area contributed by atoms with Crippen molar-refractivity contribution in [3.63, 3.8) is 0 Å². The van der Waals surface area contributed by atoms with Gasteiger partial charge in [-0.3, -0.25) is 0 Å². The molecule has 0 aliphatic carbocycles. The van der Waals surface area contributed by atoms with Gasteiger partial charge < -0.3 is 0 Å². The number of benzene rings is 1. The molecule has 1 rings (SSSR count). The van der Waals surface area contributed by atoms with E-state index in [2.05, 4.69) is 0 Å². The molecule has 0 atom stereocenters. The van der Waals surface area contributed by atoms with Crippen LogP contribution in [0.1, 0.15) is 17.5 Å². The van der Waals surface area contributed by atoms with Crippen LogP contribution in [0.4, 0.5) is 13.2 Å². The molecular weight excluding hydrogens is 177 g/mol. The third-order valence-electron chi connectivity index (χ3n) is 1.69. The Bertz CT molecular complexity index is 276. The summed E-state index contributed by atoms with van der Waals surface area (Å²) in [4.78, 5) is 0. The molecule has 3 heteroatoms. The molecule has 0 nitrogen and oxygen atoms in total. The van der Waals surface area contributed by atoms with E-state index in [1.54, 1.807) is 6.07 Å². The fraction of sp³-hybridized carbons (Fsp3) is 0.300. The molecule has 0 fully saturated rings. The number of hydrogen-bond donors (Lipinski definition) is 0. The normalized spacial score (nSPS) is 11.7. The summed E-state index contributed by atoms with van der Waals surface area (Å²) in [7, 11) is 0. The summed E-state index contributed by atoms with van der Waals surface area (Å²) < 4.78 is 36.5. The maximum Gasteiger partial charge on any atom is 0.416 e. The quantitative estimate of drug-likeness (QED) is 0.664. The van der Waals surface area contributed by atoms with Crippen molar-refractivity contribution in [2.24, 2.45) is 0 Å². The number of hydrogen-bond acceptors (Lipinski definition) is 0. The van der Waals surface area contributed by atoms with Crippen molar-refractivity contribution in [1.82, 2.24) is 0 Å². The molecule has 0 amide bonds. The molecule has 0 aromatic heterocycles. The monoisotopic (exact) mass is 186 g/mol. The van der Waals surface area contributed by atoms with Gasteiger partial charge in [-0.05, 0) is 31.4 Å². The zero-order valence-electron chi connectivity index (χ0n) is 6.93. The molecule has 1 aromatic rings. The van der Waals surface area contributed by atoms with Gasteiger partial charge in [-0.2, -0.15) is 13.2 Å². The lowest BCUT2D eigenvalue weighted by atomic mass is 10.1. The maximum atomic E-state index is 12.2. The van der Waals surface area contributed by atoms with Gasteiger partial charge in [0.15, 0.2) is 0 Å². The first kappa shape index (κ1) is 10.1. The summed E-state index contributed by atoms with van der Waals surface area (Å²) in [6.45, 7) is 5.24. The minimum Gasteiger partial charge on any atom is -0.166 e. The third-order valence-corrected chi connectivity index (χ3v) is 1.69. The van der Waals surface area contributed by atoms with Crippen molar-refractivity contribution in [2.75, 3.05) is 0 Å². The minimum atomic E-state index is -4.26. The Hall–Kier alpha value is -0.990. The van der Waals surface area contributed by atoms with Crippen LogP contribution in [-0.2, 0) is 12.6 Å². The summed E-state index contributed by atoms with van der Waals surface area (Å²) in [5.41, 5.74) is 0.00998. The molecule has 0 N–H and O–H groups in total. The van der Waals surface area contributed by atoms with Crippen LogP contribution in [-0.4, -0.2) is 0 Å². The van der Waals surface area contributed by atoms with Crippen molar-refractivity contribution in [3.8, 4) is 0 Å². The number of alkyl halides is 3. The van der Waals surface area contributed by atoms with E-state index >= 15 is 0 Å². The van der Waals surface area contributed by atoms with E-state index in [4.69, 9.17) is 6.92 Å². The van der Waals surface area contributed by atoms with Crippen LogP contribution in [0.25, 0.3) is 0 Å². The molecular formula is C10H9F3. The molecule has 0 spiro atoms. The summed E-state index contributed by atoms with van der Waals surface area (Å²) in [6.07, 6.45) is -3.42. The number of aryl methyl sites for hydroxylation is 1. The molecule has 1 aromatic carbocycles. The van der Waals surface area contributed by atoms with Gasteiger partial charge in [-0.15, -0.1) is 0 Å². The van der Waals surface area contributed by atoms with E-state index in [-0.39, 0.29) is 0 Å². The number of halogens is 3. The van der Waals surface area contributed by atoms with Gasteiger partial charge in [0.05, 0.1) is 5.56 Å². The van der Waals surface area contributed by atoms with Crippen LogP contribution < -0.4 is 0 Å². The minimum absolute atomic E-state index is 0.362. The lowest BCUT2D eigenvalue weighted by molar-refractivity contribution is -0.137. The molecule has 13 heavy (non-hydrogen) atoms. The highest BCUT2D eigenvalue weighted by Crippen LogP contribution is 2.29. The Kier molecular flexibility index (Phi) is 2.96. The van der Waals surface area contributed by atoms with Gasteiger partial charge >= 0.3 is 6.18 Å². The summed E-state index contributed by atoms with van der Waals surface area (Å²) in [6, 6.07) is 5.22. The highest BCUT2D eigenvalue weighted by molar-refractivity contribution is 5.25. The fourth-order valence-electron chi connectivity index (χ4n) is 1.07. The van der Waals surface area contributed by atoms with Crippen molar-refractivity contribution in [3.05, 3.63) is 42.3 Å². The first-order valence-electron chi connectivity index (χ1n) is 3.90. The van der Waals surface area contributed by atoms with Crippen molar-refractivity contribution >= 4 is 0 Å². The molecule has 0 saturated carbocycles. The molecule has 0 saturated heterocycles. The highest BCUT2D eigenvalue weighted by Gasteiger charge is 2.30. The van der Waals surface area contributed by atoms with Gasteiger partial charge in [0.2, 0.25) is 0 Å². The van der Waals surface area contributed by atoms with E-state index in [1.807, 2.05) is 0 Å². The molecule has 0 bridgehead atoms. The van der Waals surface area contributed by atoms with Gasteiger partial charge in [0.1, 0.15) is 0 Å². The Morgan fingerprint density at radius 3 is 2.46 bits per heavy atom. The molecule has 0 aliphatic rings. The molecule has 2 radical (unpaired) electrons. The standard InChI is InChI=1S/C10H9F3/c1-2-4-8-5-3-6-9(7-8)10(11,12)13/h1,3,5-7H,2,4H2. The van der Waals surface area contributed by atoms with Crippen LogP contribution in [0.3, 0.4) is 0 Å². The van der Waals surface area contributed by atoms with Crippen LogP contribution >= 0.6 is 0 Å². The third kappa shape index (κ3) is 2.76. The van der Waals surface area contributed by atoms with E-state index in [1.165, 1.54) is 6.07 Å². The SMILES string of the molecule is [CH]CCc1cccc(C(F)(F)F)c1. The van der Waals surface area contributed by atoms with Gasteiger partial charge in [0.25, 0.3) is 0 Å². The van der Waals surface area contributed by atoms with E-state index in [0.717, 1.165) is 12.1 Å². The Balaban J connectivity index is 2.92. The highest BCUT2D eigenvalue weighted by atomic mass is 19.4. The maximum absolute atomic E-state index is 12.2. The average Bonchev–Trinajstić information content (AvgIpc) is 2.04. The van der Waals surface area contributed by atoms with Gasteiger partial charge in [-0.1, -0.05) is 18.2 Å². The van der Waals surface area contributed by atoms with Crippen molar-refractivity contribution in [2.45, 2.75) is 19.0 Å². The lowest BCUT2D eigenvalue weighted by Crippen LogP contribution is -2.05. The Labute approximate surface area is 75.4 Å². The van der Waals surface area contributed by atoms with Crippen LogP contribution in [0, 0.1) is 6.92 Å². The zero-order valence-corrected chi connectivity index (χ0v) is 6.93. The van der Waals surface area contributed by atoms with Crippen molar-refractivity contribution < 1.29 is 13.2 Å². The second-order valence-corrected chi connectivity index (χ2v) is 2.74. The van der Waals surface area contributed by atoms with Crippen molar-refractivity contribution in [1.29, 1.82) is 0 Å². The second kappa shape index (κ2) is 3.81. The van der Waals surface area contributed by atoms with Gasteiger partial charge in [0, 0.05) is 0 Å². The van der Waals surface area contributed by atoms with Crippen LogP contribution in [0.15, 0.2) is 24.3 Å².